The lowest BCUT2D eigenvalue weighted by molar-refractivity contribution is 0.0902. The minimum atomic E-state index is -0.803. The van der Waals surface area contributed by atoms with Gasteiger partial charge >= 0.3 is 0 Å². The van der Waals surface area contributed by atoms with Gasteiger partial charge in [-0.2, -0.15) is 5.26 Å². The normalized spacial score (nSPS) is 17.4. The molecule has 3 N–H and O–H groups in total. The van der Waals surface area contributed by atoms with Crippen molar-refractivity contribution >= 4 is 5.91 Å². The molecule has 2 rings (SSSR count). The van der Waals surface area contributed by atoms with E-state index in [0.29, 0.717) is 12.8 Å². The van der Waals surface area contributed by atoms with Gasteiger partial charge in [-0.05, 0) is 31.0 Å². The fourth-order valence-electron chi connectivity index (χ4n) is 2.37. The maximum atomic E-state index is 12.1. The molecule has 0 atom stereocenters. The summed E-state index contributed by atoms with van der Waals surface area (Å²) in [6.07, 6.45) is 4.24. The molecule has 1 saturated carbocycles. The molecule has 0 heterocycles. The van der Waals surface area contributed by atoms with Crippen molar-refractivity contribution in [2.45, 2.75) is 37.6 Å². The molecule has 1 aromatic carbocycles. The van der Waals surface area contributed by atoms with Crippen molar-refractivity contribution in [3.05, 3.63) is 23.8 Å². The third kappa shape index (κ3) is 2.79. The summed E-state index contributed by atoms with van der Waals surface area (Å²) in [6.45, 7) is 0. The summed E-state index contributed by atoms with van der Waals surface area (Å²) < 4.78 is 0. The average molecular weight is 260 g/mol. The zero-order chi connectivity index (χ0) is 13.9. The van der Waals surface area contributed by atoms with E-state index in [9.17, 15) is 20.3 Å². The van der Waals surface area contributed by atoms with Crippen LogP contribution in [0.1, 0.15) is 42.5 Å². The Morgan fingerprint density at radius 3 is 2.47 bits per heavy atom. The monoisotopic (exact) mass is 260 g/mol. The third-order valence-corrected chi connectivity index (χ3v) is 3.51. The Morgan fingerprint density at radius 1 is 1.21 bits per heavy atom. The lowest BCUT2D eigenvalue weighted by Crippen LogP contribution is -2.48. The SMILES string of the molecule is N#CC1(NC(=O)c2ccc(O)c(O)c2)CCCCC1. The molecule has 1 aliphatic carbocycles. The molecule has 0 aliphatic heterocycles. The van der Waals surface area contributed by atoms with Gasteiger partial charge in [-0.25, -0.2) is 0 Å². The second kappa shape index (κ2) is 5.19. The van der Waals surface area contributed by atoms with Crippen molar-refractivity contribution in [3.63, 3.8) is 0 Å². The topological polar surface area (TPSA) is 93.4 Å². The molecule has 0 bridgehead atoms. The number of rotatable bonds is 2. The summed E-state index contributed by atoms with van der Waals surface area (Å²) in [5.41, 5.74) is -0.571. The minimum absolute atomic E-state index is 0.232. The van der Waals surface area contributed by atoms with E-state index in [2.05, 4.69) is 11.4 Å². The number of phenolic OH excluding ortho intramolecular Hbond substituents is 2. The van der Waals surface area contributed by atoms with Gasteiger partial charge < -0.3 is 15.5 Å². The molecule has 1 fully saturated rings. The highest BCUT2D eigenvalue weighted by molar-refractivity contribution is 5.95. The molecule has 0 saturated heterocycles. The Hall–Kier alpha value is -2.22. The first kappa shape index (κ1) is 13.2. The van der Waals surface area contributed by atoms with Crippen LogP contribution < -0.4 is 5.32 Å². The van der Waals surface area contributed by atoms with E-state index in [4.69, 9.17) is 0 Å². The highest BCUT2D eigenvalue weighted by Crippen LogP contribution is 2.29. The summed E-state index contributed by atoms with van der Waals surface area (Å²) in [5.74, 6) is -1.02. The summed E-state index contributed by atoms with van der Waals surface area (Å²) in [4.78, 5) is 12.1. The standard InChI is InChI=1S/C14H16N2O3/c15-9-14(6-2-1-3-7-14)16-13(19)10-4-5-11(17)12(18)8-10/h4-5,8,17-18H,1-3,6-7H2,(H,16,19). The molecule has 0 radical (unpaired) electrons. The largest absolute Gasteiger partial charge is 0.504 e. The zero-order valence-electron chi connectivity index (χ0n) is 10.5. The zero-order valence-corrected chi connectivity index (χ0v) is 10.5. The number of benzene rings is 1. The number of carbonyl (C=O) groups is 1. The molecule has 1 aromatic rings. The number of phenols is 2. The van der Waals surface area contributed by atoms with Crippen molar-refractivity contribution < 1.29 is 15.0 Å². The minimum Gasteiger partial charge on any atom is -0.504 e. The number of nitriles is 1. The summed E-state index contributed by atoms with van der Waals surface area (Å²) in [7, 11) is 0. The van der Waals surface area contributed by atoms with Gasteiger partial charge in [0.25, 0.3) is 5.91 Å². The maximum Gasteiger partial charge on any atom is 0.252 e. The first-order valence-corrected chi connectivity index (χ1v) is 6.32. The van der Waals surface area contributed by atoms with Crippen LogP contribution in [0.5, 0.6) is 11.5 Å². The van der Waals surface area contributed by atoms with E-state index in [1.165, 1.54) is 18.2 Å². The Labute approximate surface area is 111 Å². The Morgan fingerprint density at radius 2 is 1.89 bits per heavy atom. The van der Waals surface area contributed by atoms with Gasteiger partial charge in [0.05, 0.1) is 6.07 Å². The number of carbonyl (C=O) groups excluding carboxylic acids is 1. The van der Waals surface area contributed by atoms with Gasteiger partial charge in [-0.15, -0.1) is 0 Å². The summed E-state index contributed by atoms with van der Waals surface area (Å²) in [5, 5.41) is 30.6. The highest BCUT2D eigenvalue weighted by Gasteiger charge is 2.33. The second-order valence-electron chi connectivity index (χ2n) is 4.91. The highest BCUT2D eigenvalue weighted by atomic mass is 16.3. The number of nitrogens with zero attached hydrogens (tertiary/aromatic N) is 1. The van der Waals surface area contributed by atoms with Gasteiger partial charge in [0.15, 0.2) is 11.5 Å². The van der Waals surface area contributed by atoms with Gasteiger partial charge in [0, 0.05) is 5.56 Å². The Kier molecular flexibility index (Phi) is 3.61. The van der Waals surface area contributed by atoms with Gasteiger partial charge in [-0.1, -0.05) is 19.3 Å². The number of hydrogen-bond donors (Lipinski definition) is 3. The van der Waals surface area contributed by atoms with Crippen molar-refractivity contribution in [2.75, 3.05) is 0 Å². The molecule has 0 spiro atoms. The fourth-order valence-corrected chi connectivity index (χ4v) is 2.37. The molecule has 0 unspecified atom stereocenters. The van der Waals surface area contributed by atoms with E-state index in [1.807, 2.05) is 0 Å². The Bertz CT molecular complexity index is 528. The van der Waals surface area contributed by atoms with Crippen LogP contribution in [0.2, 0.25) is 0 Å². The van der Waals surface area contributed by atoms with Gasteiger partial charge in [0.2, 0.25) is 0 Å². The number of amides is 1. The molecule has 1 aliphatic rings. The van der Waals surface area contributed by atoms with Gasteiger partial charge in [-0.3, -0.25) is 4.79 Å². The molecular formula is C14H16N2O3. The van der Waals surface area contributed by atoms with Crippen molar-refractivity contribution in [1.82, 2.24) is 5.32 Å². The van der Waals surface area contributed by atoms with E-state index in [0.717, 1.165) is 19.3 Å². The van der Waals surface area contributed by atoms with Crippen LogP contribution in [0, 0.1) is 11.3 Å². The average Bonchev–Trinajstić information content (AvgIpc) is 2.43. The molecular weight excluding hydrogens is 244 g/mol. The smallest absolute Gasteiger partial charge is 0.252 e. The summed E-state index contributed by atoms with van der Waals surface area (Å²) in [6, 6.07) is 6.06. The fraction of sp³-hybridized carbons (Fsp3) is 0.429. The lowest BCUT2D eigenvalue weighted by atomic mass is 9.82. The second-order valence-corrected chi connectivity index (χ2v) is 4.91. The molecule has 100 valence electrons. The summed E-state index contributed by atoms with van der Waals surface area (Å²) >= 11 is 0. The van der Waals surface area contributed by atoms with Crippen molar-refractivity contribution in [3.8, 4) is 17.6 Å². The first-order valence-electron chi connectivity index (χ1n) is 6.32. The Balaban J connectivity index is 2.15. The predicted octanol–water partition coefficient (Wildman–Crippen LogP) is 2.05. The van der Waals surface area contributed by atoms with Crippen LogP contribution >= 0.6 is 0 Å². The quantitative estimate of drug-likeness (QED) is 0.709. The molecule has 1 amide bonds. The lowest BCUT2D eigenvalue weighted by Gasteiger charge is -2.31. The number of hydrogen-bond acceptors (Lipinski definition) is 4. The van der Waals surface area contributed by atoms with Crippen LogP contribution in [-0.4, -0.2) is 21.7 Å². The van der Waals surface area contributed by atoms with E-state index in [-0.39, 0.29) is 17.1 Å². The van der Waals surface area contributed by atoms with Gasteiger partial charge in [0.1, 0.15) is 5.54 Å². The first-order chi connectivity index (χ1) is 9.06. The molecule has 0 aromatic heterocycles. The van der Waals surface area contributed by atoms with Crippen LogP contribution in [0.15, 0.2) is 18.2 Å². The van der Waals surface area contributed by atoms with Crippen LogP contribution in [0.3, 0.4) is 0 Å². The van der Waals surface area contributed by atoms with Crippen molar-refractivity contribution in [1.29, 1.82) is 5.26 Å². The van der Waals surface area contributed by atoms with Crippen LogP contribution in [0.4, 0.5) is 0 Å². The maximum absolute atomic E-state index is 12.1. The molecule has 19 heavy (non-hydrogen) atoms. The molecule has 5 heteroatoms. The van der Waals surface area contributed by atoms with Crippen LogP contribution in [-0.2, 0) is 0 Å². The van der Waals surface area contributed by atoms with Crippen molar-refractivity contribution in [2.24, 2.45) is 0 Å². The number of nitrogens with one attached hydrogen (secondary N) is 1. The van der Waals surface area contributed by atoms with Crippen LogP contribution in [0.25, 0.3) is 0 Å². The third-order valence-electron chi connectivity index (χ3n) is 3.51. The van der Waals surface area contributed by atoms with E-state index in [1.54, 1.807) is 0 Å². The predicted molar refractivity (Wildman–Crippen MR) is 68.7 cm³/mol. The number of aromatic hydroxyl groups is 2. The molecule has 5 nitrogen and oxygen atoms in total. The van der Waals surface area contributed by atoms with E-state index < -0.39 is 11.4 Å². The van der Waals surface area contributed by atoms with E-state index >= 15 is 0 Å².